The minimum atomic E-state index is -2.98. The third-order valence-corrected chi connectivity index (χ3v) is 4.31. The summed E-state index contributed by atoms with van der Waals surface area (Å²) in [4.78, 5) is 4.15. The Morgan fingerprint density at radius 2 is 1.96 bits per heavy atom. The molecular formula is C15H29IN4O4S. The SMILES string of the molecule is CCc1noc(CC)c1CNC(=NC)NCCOCCS(C)(=O)=O.I. The first kappa shape index (κ1) is 24.1. The third-order valence-electron chi connectivity index (χ3n) is 3.40. The highest BCUT2D eigenvalue weighted by Crippen LogP contribution is 2.15. The molecule has 0 saturated heterocycles. The van der Waals surface area contributed by atoms with Crippen molar-refractivity contribution < 1.29 is 17.7 Å². The molecule has 0 spiro atoms. The second kappa shape index (κ2) is 12.5. The van der Waals surface area contributed by atoms with Gasteiger partial charge in [0.25, 0.3) is 0 Å². The van der Waals surface area contributed by atoms with E-state index in [2.05, 4.69) is 20.8 Å². The first-order valence-corrected chi connectivity index (χ1v) is 10.1. The highest BCUT2D eigenvalue weighted by atomic mass is 127. The van der Waals surface area contributed by atoms with Gasteiger partial charge in [-0.2, -0.15) is 0 Å². The Morgan fingerprint density at radius 3 is 2.52 bits per heavy atom. The van der Waals surface area contributed by atoms with Gasteiger partial charge < -0.3 is 19.9 Å². The number of nitrogens with one attached hydrogen (secondary N) is 2. The number of sulfone groups is 1. The summed E-state index contributed by atoms with van der Waals surface area (Å²) in [6.45, 7) is 5.81. The van der Waals surface area contributed by atoms with Gasteiger partial charge in [-0.15, -0.1) is 24.0 Å². The molecule has 146 valence electrons. The predicted molar refractivity (Wildman–Crippen MR) is 109 cm³/mol. The topological polar surface area (TPSA) is 106 Å². The Morgan fingerprint density at radius 1 is 1.24 bits per heavy atom. The maximum atomic E-state index is 11.0. The Bertz CT molecular complexity index is 610. The zero-order valence-corrected chi connectivity index (χ0v) is 18.4. The van der Waals surface area contributed by atoms with E-state index in [-0.39, 0.29) is 36.3 Å². The van der Waals surface area contributed by atoms with E-state index in [0.717, 1.165) is 29.9 Å². The van der Waals surface area contributed by atoms with Crippen LogP contribution in [0.4, 0.5) is 0 Å². The summed E-state index contributed by atoms with van der Waals surface area (Å²) in [7, 11) is -1.29. The lowest BCUT2D eigenvalue weighted by atomic mass is 10.1. The number of hydrogen-bond acceptors (Lipinski definition) is 6. The van der Waals surface area contributed by atoms with Gasteiger partial charge in [0.2, 0.25) is 0 Å². The predicted octanol–water partition coefficient (Wildman–Crippen LogP) is 1.14. The molecule has 10 heteroatoms. The molecule has 0 atom stereocenters. The van der Waals surface area contributed by atoms with Crippen LogP contribution in [0.1, 0.15) is 30.9 Å². The molecule has 1 aromatic rings. The molecule has 0 radical (unpaired) electrons. The van der Waals surface area contributed by atoms with Gasteiger partial charge in [0.1, 0.15) is 15.6 Å². The molecule has 25 heavy (non-hydrogen) atoms. The first-order valence-electron chi connectivity index (χ1n) is 8.07. The molecule has 0 aliphatic heterocycles. The Hall–Kier alpha value is -0.880. The maximum Gasteiger partial charge on any atom is 0.191 e. The van der Waals surface area contributed by atoms with E-state index >= 15 is 0 Å². The molecule has 1 heterocycles. The lowest BCUT2D eigenvalue weighted by Gasteiger charge is -2.12. The quantitative estimate of drug-likeness (QED) is 0.220. The highest BCUT2D eigenvalue weighted by molar-refractivity contribution is 14.0. The van der Waals surface area contributed by atoms with Crippen LogP contribution in [-0.2, 0) is 34.0 Å². The van der Waals surface area contributed by atoms with Crippen molar-refractivity contribution in [3.8, 4) is 0 Å². The van der Waals surface area contributed by atoms with E-state index in [9.17, 15) is 8.42 Å². The molecule has 0 aliphatic rings. The highest BCUT2D eigenvalue weighted by Gasteiger charge is 2.13. The second-order valence-electron chi connectivity index (χ2n) is 5.33. The van der Waals surface area contributed by atoms with Crippen molar-refractivity contribution in [3.05, 3.63) is 17.0 Å². The summed E-state index contributed by atoms with van der Waals surface area (Å²) in [6.07, 6.45) is 2.81. The van der Waals surface area contributed by atoms with Gasteiger partial charge in [0.15, 0.2) is 5.96 Å². The number of halogens is 1. The summed E-state index contributed by atoms with van der Waals surface area (Å²) >= 11 is 0. The summed E-state index contributed by atoms with van der Waals surface area (Å²) in [5.74, 6) is 1.57. The molecule has 0 fully saturated rings. The second-order valence-corrected chi connectivity index (χ2v) is 7.59. The molecule has 8 nitrogen and oxygen atoms in total. The van der Waals surface area contributed by atoms with Crippen LogP contribution in [0.25, 0.3) is 0 Å². The van der Waals surface area contributed by atoms with Crippen molar-refractivity contribution in [2.75, 3.05) is 38.8 Å². The van der Waals surface area contributed by atoms with Crippen LogP contribution < -0.4 is 10.6 Å². The van der Waals surface area contributed by atoms with E-state index in [4.69, 9.17) is 9.26 Å². The van der Waals surface area contributed by atoms with E-state index in [1.54, 1.807) is 7.05 Å². The first-order chi connectivity index (χ1) is 11.4. The van der Waals surface area contributed by atoms with Crippen LogP contribution in [0.5, 0.6) is 0 Å². The zero-order chi connectivity index (χ0) is 18.0. The monoisotopic (exact) mass is 488 g/mol. The number of hydrogen-bond donors (Lipinski definition) is 2. The summed E-state index contributed by atoms with van der Waals surface area (Å²) in [5, 5.41) is 10.4. The molecule has 0 amide bonds. The molecule has 0 unspecified atom stereocenters. The van der Waals surface area contributed by atoms with Gasteiger partial charge >= 0.3 is 0 Å². The Balaban J connectivity index is 0.00000576. The Kier molecular flexibility index (Phi) is 12.0. The number of ether oxygens (including phenoxy) is 1. The van der Waals surface area contributed by atoms with Crippen molar-refractivity contribution >= 4 is 39.8 Å². The molecule has 1 rings (SSSR count). The average Bonchev–Trinajstić information content (AvgIpc) is 2.94. The molecular weight excluding hydrogens is 459 g/mol. The third kappa shape index (κ3) is 9.40. The molecule has 0 saturated carbocycles. The standard InChI is InChI=1S/C15H28N4O4S.HI/c1-5-13-12(14(6-2)23-19-13)11-18-15(16-3)17-7-8-22-9-10-24(4,20)21;/h5-11H2,1-4H3,(H2,16,17,18);1H. The van der Waals surface area contributed by atoms with E-state index < -0.39 is 9.84 Å². The average molecular weight is 488 g/mol. The zero-order valence-electron chi connectivity index (χ0n) is 15.3. The van der Waals surface area contributed by atoms with Crippen LogP contribution in [0.3, 0.4) is 0 Å². The number of rotatable bonds is 10. The van der Waals surface area contributed by atoms with Gasteiger partial charge in [-0.1, -0.05) is 19.0 Å². The van der Waals surface area contributed by atoms with E-state index in [1.807, 2.05) is 13.8 Å². The lowest BCUT2D eigenvalue weighted by molar-refractivity contribution is 0.154. The fraction of sp³-hybridized carbons (Fsp3) is 0.733. The summed E-state index contributed by atoms with van der Waals surface area (Å²) in [6, 6.07) is 0. The molecule has 0 bridgehead atoms. The van der Waals surface area contributed by atoms with Crippen LogP contribution >= 0.6 is 24.0 Å². The normalized spacial score (nSPS) is 11.9. The largest absolute Gasteiger partial charge is 0.379 e. The Labute approximate surface area is 167 Å². The van der Waals surface area contributed by atoms with Gasteiger partial charge in [-0.3, -0.25) is 4.99 Å². The van der Waals surface area contributed by atoms with Crippen LogP contribution in [0.15, 0.2) is 9.52 Å². The fourth-order valence-electron chi connectivity index (χ4n) is 2.08. The minimum Gasteiger partial charge on any atom is -0.379 e. The van der Waals surface area contributed by atoms with Crippen molar-refractivity contribution in [3.63, 3.8) is 0 Å². The van der Waals surface area contributed by atoms with Gasteiger partial charge in [0.05, 0.1) is 24.7 Å². The van der Waals surface area contributed by atoms with Crippen molar-refractivity contribution in [1.29, 1.82) is 0 Å². The summed E-state index contributed by atoms with van der Waals surface area (Å²) < 4.78 is 32.6. The lowest BCUT2D eigenvalue weighted by Crippen LogP contribution is -2.38. The maximum absolute atomic E-state index is 11.0. The number of aromatic nitrogens is 1. The van der Waals surface area contributed by atoms with Gasteiger partial charge in [-0.05, 0) is 6.42 Å². The number of nitrogens with zero attached hydrogens (tertiary/aromatic N) is 2. The number of aliphatic imine (C=N–C) groups is 1. The summed E-state index contributed by atoms with van der Waals surface area (Å²) in [5.41, 5.74) is 2.03. The molecule has 1 aromatic heterocycles. The fourth-order valence-corrected chi connectivity index (χ4v) is 2.51. The number of aryl methyl sites for hydroxylation is 2. The molecule has 0 aromatic carbocycles. The van der Waals surface area contributed by atoms with E-state index in [1.165, 1.54) is 6.26 Å². The van der Waals surface area contributed by atoms with E-state index in [0.29, 0.717) is 25.7 Å². The smallest absolute Gasteiger partial charge is 0.191 e. The van der Waals surface area contributed by atoms with Crippen molar-refractivity contribution in [1.82, 2.24) is 15.8 Å². The van der Waals surface area contributed by atoms with Crippen molar-refractivity contribution in [2.45, 2.75) is 33.2 Å². The van der Waals surface area contributed by atoms with Gasteiger partial charge in [-0.25, -0.2) is 8.42 Å². The molecule has 2 N–H and O–H groups in total. The van der Waals surface area contributed by atoms with Crippen LogP contribution in [0.2, 0.25) is 0 Å². The molecule has 0 aliphatic carbocycles. The minimum absolute atomic E-state index is 0. The van der Waals surface area contributed by atoms with Crippen LogP contribution in [-0.4, -0.2) is 58.3 Å². The van der Waals surface area contributed by atoms with Crippen molar-refractivity contribution in [2.24, 2.45) is 4.99 Å². The number of guanidine groups is 1. The van der Waals surface area contributed by atoms with Crippen LogP contribution in [0, 0.1) is 0 Å². The van der Waals surface area contributed by atoms with Gasteiger partial charge in [0, 0.05) is 38.4 Å².